The van der Waals surface area contributed by atoms with E-state index in [0.717, 1.165) is 16.8 Å². The molecule has 4 nitrogen and oxygen atoms in total. The first-order valence-corrected chi connectivity index (χ1v) is 6.82. The smallest absolute Gasteiger partial charge is 0.263 e. The van der Waals surface area contributed by atoms with Gasteiger partial charge in [0.25, 0.3) is 5.91 Å². The maximum atomic E-state index is 12.1. The Morgan fingerprint density at radius 2 is 2.39 bits per heavy atom. The molecule has 18 heavy (non-hydrogen) atoms. The van der Waals surface area contributed by atoms with Gasteiger partial charge in [-0.2, -0.15) is 0 Å². The Morgan fingerprint density at radius 3 is 3.06 bits per heavy atom. The van der Waals surface area contributed by atoms with E-state index in [0.29, 0.717) is 16.0 Å². The summed E-state index contributed by atoms with van der Waals surface area (Å²) in [7, 11) is 0. The van der Waals surface area contributed by atoms with Crippen molar-refractivity contribution in [1.82, 2.24) is 10.3 Å². The molecule has 2 heterocycles. The van der Waals surface area contributed by atoms with Gasteiger partial charge in [-0.3, -0.25) is 4.79 Å². The highest BCUT2D eigenvalue weighted by Gasteiger charge is 2.37. The molecule has 1 aliphatic carbocycles. The molecule has 5 heteroatoms. The van der Waals surface area contributed by atoms with Crippen molar-refractivity contribution >= 4 is 33.1 Å². The number of hydrogen-bond acceptors (Lipinski definition) is 4. The van der Waals surface area contributed by atoms with E-state index in [-0.39, 0.29) is 5.91 Å². The van der Waals surface area contributed by atoms with Crippen molar-refractivity contribution in [3.05, 3.63) is 23.2 Å². The van der Waals surface area contributed by atoms with Gasteiger partial charge in [0, 0.05) is 18.1 Å². The molecule has 0 aliphatic heterocycles. The number of aromatic nitrogens is 1. The molecular formula is C13H15N3OS. The van der Waals surface area contributed by atoms with Crippen molar-refractivity contribution < 1.29 is 4.79 Å². The normalized spacial score (nSPS) is 16.7. The molecule has 0 aromatic carbocycles. The van der Waals surface area contributed by atoms with Gasteiger partial charge in [-0.1, -0.05) is 6.92 Å². The fourth-order valence-corrected chi connectivity index (χ4v) is 2.86. The van der Waals surface area contributed by atoms with Crippen molar-refractivity contribution in [2.24, 2.45) is 5.41 Å². The van der Waals surface area contributed by atoms with Crippen molar-refractivity contribution in [3.8, 4) is 0 Å². The van der Waals surface area contributed by atoms with Crippen molar-refractivity contribution in [1.29, 1.82) is 0 Å². The van der Waals surface area contributed by atoms with Gasteiger partial charge in [-0.05, 0) is 30.4 Å². The summed E-state index contributed by atoms with van der Waals surface area (Å²) in [6.45, 7) is 2.91. The maximum Gasteiger partial charge on any atom is 0.263 e. The molecule has 1 aliphatic rings. The van der Waals surface area contributed by atoms with Crippen LogP contribution in [0.25, 0.3) is 10.2 Å². The number of hydrogen-bond donors (Lipinski definition) is 2. The summed E-state index contributed by atoms with van der Waals surface area (Å²) in [6, 6.07) is 3.73. The number of nitrogens with zero attached hydrogens (tertiary/aromatic N) is 1. The Kier molecular flexibility index (Phi) is 2.52. The van der Waals surface area contributed by atoms with Crippen LogP contribution < -0.4 is 11.1 Å². The molecule has 3 rings (SSSR count). The Bertz CT molecular complexity index is 616. The van der Waals surface area contributed by atoms with E-state index in [1.165, 1.54) is 24.2 Å². The van der Waals surface area contributed by atoms with Crippen LogP contribution in [0.5, 0.6) is 0 Å². The second-order valence-corrected chi connectivity index (χ2v) is 6.19. The van der Waals surface area contributed by atoms with Gasteiger partial charge in [-0.25, -0.2) is 4.98 Å². The topological polar surface area (TPSA) is 68.0 Å². The van der Waals surface area contributed by atoms with E-state index in [1.807, 2.05) is 12.1 Å². The number of nitrogen functional groups attached to an aromatic ring is 1. The summed E-state index contributed by atoms with van der Waals surface area (Å²) < 4.78 is 0. The zero-order valence-corrected chi connectivity index (χ0v) is 11.0. The zero-order valence-electron chi connectivity index (χ0n) is 10.2. The third kappa shape index (κ3) is 1.95. The minimum Gasteiger partial charge on any atom is -0.397 e. The third-order valence-corrected chi connectivity index (χ3v) is 4.62. The Labute approximate surface area is 109 Å². The van der Waals surface area contributed by atoms with Crippen LogP contribution in [0.1, 0.15) is 29.4 Å². The molecule has 2 aromatic heterocycles. The molecule has 94 valence electrons. The SMILES string of the molecule is CC1(CNC(=O)c2sc3ncccc3c2N)CC1. The third-order valence-electron chi connectivity index (χ3n) is 3.49. The lowest BCUT2D eigenvalue weighted by Crippen LogP contribution is -2.28. The van der Waals surface area contributed by atoms with Gasteiger partial charge in [0.15, 0.2) is 0 Å². The molecule has 1 fully saturated rings. The molecule has 0 atom stereocenters. The zero-order chi connectivity index (χ0) is 12.8. The number of nitrogens with two attached hydrogens (primary N) is 1. The van der Waals surface area contributed by atoms with E-state index < -0.39 is 0 Å². The molecule has 0 radical (unpaired) electrons. The number of thiophene rings is 1. The first-order valence-electron chi connectivity index (χ1n) is 6.00. The number of carbonyl (C=O) groups is 1. The van der Waals surface area contributed by atoms with E-state index in [9.17, 15) is 4.79 Å². The van der Waals surface area contributed by atoms with Crippen molar-refractivity contribution in [2.75, 3.05) is 12.3 Å². The highest BCUT2D eigenvalue weighted by atomic mass is 32.1. The van der Waals surface area contributed by atoms with Crippen LogP contribution in [0.3, 0.4) is 0 Å². The highest BCUT2D eigenvalue weighted by Crippen LogP contribution is 2.44. The van der Waals surface area contributed by atoms with Gasteiger partial charge in [0.1, 0.15) is 9.71 Å². The lowest BCUT2D eigenvalue weighted by molar-refractivity contribution is 0.0951. The Hall–Kier alpha value is -1.62. The Balaban J connectivity index is 1.84. The number of carbonyl (C=O) groups excluding carboxylic acids is 1. The fraction of sp³-hybridized carbons (Fsp3) is 0.385. The average molecular weight is 261 g/mol. The first-order chi connectivity index (χ1) is 8.59. The van der Waals surface area contributed by atoms with Crippen LogP contribution in [0.15, 0.2) is 18.3 Å². The van der Waals surface area contributed by atoms with Crippen LogP contribution in [0, 0.1) is 5.41 Å². The molecule has 0 saturated heterocycles. The Morgan fingerprint density at radius 1 is 1.61 bits per heavy atom. The predicted octanol–water partition coefficient (Wildman–Crippen LogP) is 2.41. The summed E-state index contributed by atoms with van der Waals surface area (Å²) in [6.07, 6.45) is 4.10. The van der Waals surface area contributed by atoms with Crippen molar-refractivity contribution in [3.63, 3.8) is 0 Å². The van der Waals surface area contributed by atoms with Crippen LogP contribution in [-0.2, 0) is 0 Å². The van der Waals surface area contributed by atoms with Gasteiger partial charge in [0.2, 0.25) is 0 Å². The first kappa shape index (κ1) is 11.5. The van der Waals surface area contributed by atoms with E-state index in [4.69, 9.17) is 5.73 Å². The number of nitrogens with one attached hydrogen (secondary N) is 1. The quantitative estimate of drug-likeness (QED) is 0.891. The molecule has 0 bridgehead atoms. The van der Waals surface area contributed by atoms with Crippen LogP contribution in [0.4, 0.5) is 5.69 Å². The molecule has 2 aromatic rings. The molecular weight excluding hydrogens is 246 g/mol. The van der Waals surface area contributed by atoms with Gasteiger partial charge in [-0.15, -0.1) is 11.3 Å². The van der Waals surface area contributed by atoms with E-state index >= 15 is 0 Å². The van der Waals surface area contributed by atoms with E-state index in [1.54, 1.807) is 6.20 Å². The number of anilines is 1. The standard InChI is InChI=1S/C13H15N3OS/c1-13(4-5-13)7-16-11(17)10-9(14)8-3-2-6-15-12(8)18-10/h2-3,6H,4-5,7,14H2,1H3,(H,16,17). The fourth-order valence-electron chi connectivity index (χ4n) is 1.88. The molecule has 0 unspecified atom stereocenters. The van der Waals surface area contributed by atoms with Crippen LogP contribution in [0.2, 0.25) is 0 Å². The molecule has 0 spiro atoms. The summed E-state index contributed by atoms with van der Waals surface area (Å²) in [5.74, 6) is -0.0800. The number of pyridine rings is 1. The summed E-state index contributed by atoms with van der Waals surface area (Å²) in [5.41, 5.74) is 6.85. The van der Waals surface area contributed by atoms with Gasteiger partial charge >= 0.3 is 0 Å². The number of fused-ring (bicyclic) bond motifs is 1. The lowest BCUT2D eigenvalue weighted by Gasteiger charge is -2.09. The average Bonchev–Trinajstić information content (AvgIpc) is 3.02. The highest BCUT2D eigenvalue weighted by molar-refractivity contribution is 7.21. The van der Waals surface area contributed by atoms with Crippen LogP contribution >= 0.6 is 11.3 Å². The minimum absolute atomic E-state index is 0.0800. The predicted molar refractivity (Wildman–Crippen MR) is 73.7 cm³/mol. The van der Waals surface area contributed by atoms with Crippen LogP contribution in [-0.4, -0.2) is 17.4 Å². The molecule has 1 amide bonds. The summed E-state index contributed by atoms with van der Waals surface area (Å²) in [5, 5.41) is 3.83. The van der Waals surface area contributed by atoms with E-state index in [2.05, 4.69) is 17.2 Å². The summed E-state index contributed by atoms with van der Waals surface area (Å²) >= 11 is 1.35. The maximum absolute atomic E-state index is 12.1. The monoisotopic (exact) mass is 261 g/mol. The lowest BCUT2D eigenvalue weighted by atomic mass is 10.1. The molecule has 1 saturated carbocycles. The minimum atomic E-state index is -0.0800. The number of rotatable bonds is 3. The summed E-state index contributed by atoms with van der Waals surface area (Å²) in [4.78, 5) is 17.7. The van der Waals surface area contributed by atoms with Gasteiger partial charge < -0.3 is 11.1 Å². The largest absolute Gasteiger partial charge is 0.397 e. The van der Waals surface area contributed by atoms with Gasteiger partial charge in [0.05, 0.1) is 5.69 Å². The molecule has 3 N–H and O–H groups in total. The second kappa shape index (κ2) is 3.95. The second-order valence-electron chi connectivity index (χ2n) is 5.19. The number of amides is 1. The van der Waals surface area contributed by atoms with Crippen molar-refractivity contribution in [2.45, 2.75) is 19.8 Å².